The third-order valence-electron chi connectivity index (χ3n) is 6.23. The summed E-state index contributed by atoms with van der Waals surface area (Å²) in [6.07, 6.45) is 2.20. The molecular weight excluding hydrogens is 442 g/mol. The van der Waals surface area contributed by atoms with Crippen LogP contribution < -0.4 is 5.32 Å². The summed E-state index contributed by atoms with van der Waals surface area (Å²) in [5.74, 6) is -1.01. The minimum Gasteiger partial charge on any atom is -0.478 e. The van der Waals surface area contributed by atoms with Gasteiger partial charge in [-0.1, -0.05) is 24.3 Å². The molecule has 0 bridgehead atoms. The number of fused-ring (bicyclic) bond motifs is 1. The van der Waals surface area contributed by atoms with Crippen molar-refractivity contribution < 1.29 is 14.7 Å². The fourth-order valence-electron chi connectivity index (χ4n) is 4.45. The van der Waals surface area contributed by atoms with Crippen LogP contribution in [-0.4, -0.2) is 50.6 Å². The molecule has 176 valence electrons. The lowest BCUT2D eigenvalue weighted by Gasteiger charge is -2.18. The summed E-state index contributed by atoms with van der Waals surface area (Å²) in [4.78, 5) is 27.3. The number of likely N-dealkylation sites (tertiary alicyclic amines) is 1. The Hall–Kier alpha value is -4.46. The molecule has 0 saturated carbocycles. The standard InChI is InChI=1S/C27H25N5O3/c1-17-14-24(26(33)29-21-10-8-18(9-11-21)25(28)31-12-4-5-13-31)32(30-17)23-16-20-7-3-2-6-19(20)15-22(23)27(34)35/h2-3,6-11,14-16,28H,4-5,12-13H2,1H3,(H,29,33)(H,34,35). The largest absolute Gasteiger partial charge is 0.478 e. The Labute approximate surface area is 202 Å². The molecule has 8 nitrogen and oxygen atoms in total. The monoisotopic (exact) mass is 467 g/mol. The summed E-state index contributed by atoms with van der Waals surface area (Å²) < 4.78 is 1.39. The second-order valence-electron chi connectivity index (χ2n) is 8.68. The zero-order valence-corrected chi connectivity index (χ0v) is 19.3. The van der Waals surface area contributed by atoms with E-state index in [1.165, 1.54) is 4.68 Å². The fourth-order valence-corrected chi connectivity index (χ4v) is 4.45. The topological polar surface area (TPSA) is 111 Å². The van der Waals surface area contributed by atoms with E-state index in [2.05, 4.69) is 15.3 Å². The van der Waals surface area contributed by atoms with E-state index in [9.17, 15) is 14.7 Å². The van der Waals surface area contributed by atoms with Crippen LogP contribution in [0.1, 0.15) is 44.9 Å². The van der Waals surface area contributed by atoms with Crippen LogP contribution in [0.3, 0.4) is 0 Å². The van der Waals surface area contributed by atoms with Gasteiger partial charge in [0, 0.05) is 24.3 Å². The number of hydrogen-bond donors (Lipinski definition) is 3. The van der Waals surface area contributed by atoms with E-state index in [1.807, 2.05) is 36.4 Å². The van der Waals surface area contributed by atoms with Gasteiger partial charge in [-0.3, -0.25) is 10.2 Å². The van der Waals surface area contributed by atoms with Crippen LogP contribution in [0, 0.1) is 12.3 Å². The summed E-state index contributed by atoms with van der Waals surface area (Å²) in [5.41, 5.74) is 2.58. The average Bonchev–Trinajstić information content (AvgIpc) is 3.53. The number of aromatic nitrogens is 2. The molecule has 5 rings (SSSR count). The van der Waals surface area contributed by atoms with E-state index < -0.39 is 11.9 Å². The Morgan fingerprint density at radius 3 is 2.29 bits per heavy atom. The number of benzene rings is 3. The number of nitrogens with one attached hydrogen (secondary N) is 2. The van der Waals surface area contributed by atoms with Crippen molar-refractivity contribution in [2.75, 3.05) is 18.4 Å². The van der Waals surface area contributed by atoms with Crippen molar-refractivity contribution >= 4 is 34.2 Å². The number of amidine groups is 1. The first-order chi connectivity index (χ1) is 16.9. The maximum absolute atomic E-state index is 13.2. The second kappa shape index (κ2) is 9.06. The highest BCUT2D eigenvalue weighted by molar-refractivity contribution is 6.05. The molecule has 1 aromatic heterocycles. The van der Waals surface area contributed by atoms with Crippen LogP contribution in [-0.2, 0) is 0 Å². The van der Waals surface area contributed by atoms with Gasteiger partial charge in [-0.15, -0.1) is 0 Å². The Kier molecular flexibility index (Phi) is 5.78. The minimum absolute atomic E-state index is 0.0608. The number of aryl methyl sites for hydroxylation is 1. The van der Waals surface area contributed by atoms with E-state index in [0.29, 0.717) is 22.9 Å². The van der Waals surface area contributed by atoms with Gasteiger partial charge in [-0.05, 0) is 73.0 Å². The molecule has 1 aliphatic heterocycles. The third kappa shape index (κ3) is 4.38. The first kappa shape index (κ1) is 22.3. The first-order valence-corrected chi connectivity index (χ1v) is 11.5. The fraction of sp³-hybridized carbons (Fsp3) is 0.185. The molecule has 2 heterocycles. The summed E-state index contributed by atoms with van der Waals surface area (Å²) in [5, 5.41) is 27.2. The van der Waals surface area contributed by atoms with E-state index in [4.69, 9.17) is 5.41 Å². The Morgan fingerprint density at radius 1 is 0.971 bits per heavy atom. The molecule has 0 atom stereocenters. The predicted molar refractivity (Wildman–Crippen MR) is 135 cm³/mol. The van der Waals surface area contributed by atoms with Crippen LogP contribution >= 0.6 is 0 Å². The summed E-state index contributed by atoms with van der Waals surface area (Å²) in [7, 11) is 0. The van der Waals surface area contributed by atoms with Crippen molar-refractivity contribution in [3.63, 3.8) is 0 Å². The van der Waals surface area contributed by atoms with Crippen LogP contribution in [0.4, 0.5) is 5.69 Å². The van der Waals surface area contributed by atoms with Gasteiger partial charge in [0.1, 0.15) is 11.5 Å². The van der Waals surface area contributed by atoms with Crippen molar-refractivity contribution in [1.82, 2.24) is 14.7 Å². The zero-order chi connectivity index (χ0) is 24.5. The van der Waals surface area contributed by atoms with Gasteiger partial charge in [-0.2, -0.15) is 5.10 Å². The minimum atomic E-state index is -1.10. The number of carbonyl (C=O) groups is 2. The van der Waals surface area contributed by atoms with E-state index in [1.54, 1.807) is 37.3 Å². The number of anilines is 1. The normalized spacial score (nSPS) is 13.2. The molecule has 0 aliphatic carbocycles. The van der Waals surface area contributed by atoms with E-state index >= 15 is 0 Å². The molecular formula is C27H25N5O3. The Bertz CT molecular complexity index is 1450. The molecule has 0 unspecified atom stereocenters. The second-order valence-corrected chi connectivity index (χ2v) is 8.68. The summed E-state index contributed by atoms with van der Waals surface area (Å²) in [6.45, 7) is 3.55. The number of aromatic carboxylic acids is 1. The SMILES string of the molecule is Cc1cc(C(=O)Nc2ccc(C(=N)N3CCCC3)cc2)n(-c2cc3ccccc3cc2C(=O)O)n1. The Balaban J connectivity index is 1.45. The van der Waals surface area contributed by atoms with Gasteiger partial charge in [0.25, 0.3) is 5.91 Å². The van der Waals surface area contributed by atoms with Crippen LogP contribution in [0.25, 0.3) is 16.5 Å². The number of carboxylic acids is 1. The van der Waals surface area contributed by atoms with Crippen LogP contribution in [0.2, 0.25) is 0 Å². The highest BCUT2D eigenvalue weighted by Gasteiger charge is 2.21. The molecule has 1 fully saturated rings. The molecule has 0 radical (unpaired) electrons. The van der Waals surface area contributed by atoms with Crippen LogP contribution in [0.15, 0.2) is 66.7 Å². The lowest BCUT2D eigenvalue weighted by molar-refractivity contribution is 0.0696. The summed E-state index contributed by atoms with van der Waals surface area (Å²) >= 11 is 0. The molecule has 4 aromatic rings. The van der Waals surface area contributed by atoms with Crippen molar-refractivity contribution in [3.05, 3.63) is 89.2 Å². The van der Waals surface area contributed by atoms with Crippen molar-refractivity contribution in [1.29, 1.82) is 5.41 Å². The van der Waals surface area contributed by atoms with E-state index in [0.717, 1.165) is 42.3 Å². The summed E-state index contributed by atoms with van der Waals surface area (Å²) in [6, 6.07) is 19.6. The molecule has 3 aromatic carbocycles. The molecule has 8 heteroatoms. The van der Waals surface area contributed by atoms with Crippen molar-refractivity contribution in [2.24, 2.45) is 0 Å². The zero-order valence-electron chi connectivity index (χ0n) is 19.3. The number of amides is 1. The van der Waals surface area contributed by atoms with Gasteiger partial charge in [0.05, 0.1) is 16.9 Å². The average molecular weight is 468 g/mol. The molecule has 0 spiro atoms. The van der Waals surface area contributed by atoms with Gasteiger partial charge >= 0.3 is 5.97 Å². The lowest BCUT2D eigenvalue weighted by atomic mass is 10.0. The van der Waals surface area contributed by atoms with Crippen LogP contribution in [0.5, 0.6) is 0 Å². The number of carboxylic acid groups (broad SMARTS) is 1. The maximum Gasteiger partial charge on any atom is 0.337 e. The first-order valence-electron chi connectivity index (χ1n) is 11.5. The smallest absolute Gasteiger partial charge is 0.337 e. The highest BCUT2D eigenvalue weighted by atomic mass is 16.4. The molecule has 3 N–H and O–H groups in total. The highest BCUT2D eigenvalue weighted by Crippen LogP contribution is 2.25. The maximum atomic E-state index is 13.2. The molecule has 1 amide bonds. The van der Waals surface area contributed by atoms with Crippen molar-refractivity contribution in [3.8, 4) is 5.69 Å². The predicted octanol–water partition coefficient (Wildman–Crippen LogP) is 4.71. The van der Waals surface area contributed by atoms with Gasteiger partial charge in [-0.25, -0.2) is 9.48 Å². The molecule has 1 aliphatic rings. The van der Waals surface area contributed by atoms with Gasteiger partial charge in [0.15, 0.2) is 0 Å². The van der Waals surface area contributed by atoms with Crippen molar-refractivity contribution in [2.45, 2.75) is 19.8 Å². The molecule has 35 heavy (non-hydrogen) atoms. The Morgan fingerprint density at radius 2 is 1.63 bits per heavy atom. The molecule has 1 saturated heterocycles. The van der Waals surface area contributed by atoms with Gasteiger partial charge < -0.3 is 15.3 Å². The lowest BCUT2D eigenvalue weighted by Crippen LogP contribution is -2.27. The van der Waals surface area contributed by atoms with Gasteiger partial charge in [0.2, 0.25) is 0 Å². The van der Waals surface area contributed by atoms with E-state index in [-0.39, 0.29) is 11.3 Å². The third-order valence-corrected chi connectivity index (χ3v) is 6.23. The quantitative estimate of drug-likeness (QED) is 0.291. The number of carbonyl (C=O) groups excluding carboxylic acids is 1. The number of hydrogen-bond acceptors (Lipinski definition) is 4. The number of rotatable bonds is 5. The number of nitrogens with zero attached hydrogens (tertiary/aromatic N) is 3.